The molecule has 0 fully saturated rings. The Morgan fingerprint density at radius 3 is 2.81 bits per heavy atom. The number of fused-ring (bicyclic) bond motifs is 1. The molecule has 1 aromatic rings. The van der Waals surface area contributed by atoms with Crippen LogP contribution in [-0.2, 0) is 16.0 Å². The summed E-state index contributed by atoms with van der Waals surface area (Å²) in [6.45, 7) is 2.26. The van der Waals surface area contributed by atoms with Gasteiger partial charge in [0, 0.05) is 12.0 Å². The Hall–Kier alpha value is -1.90. The molecule has 0 N–H and O–H groups in total. The van der Waals surface area contributed by atoms with Gasteiger partial charge in [-0.25, -0.2) is 0 Å². The highest BCUT2D eigenvalue weighted by Crippen LogP contribution is 2.22. The van der Waals surface area contributed by atoms with Crippen LogP contribution in [0.2, 0.25) is 0 Å². The van der Waals surface area contributed by atoms with Gasteiger partial charge in [-0.2, -0.15) is 0 Å². The lowest BCUT2D eigenvalue weighted by Crippen LogP contribution is -2.23. The second-order valence-corrected chi connectivity index (χ2v) is 3.57. The maximum absolute atomic E-state index is 12.0. The van der Waals surface area contributed by atoms with E-state index in [0.29, 0.717) is 12.2 Å². The Balaban J connectivity index is 2.42. The number of carbonyl (C=O) groups is 2. The van der Waals surface area contributed by atoms with Crippen LogP contribution in [0.4, 0.5) is 0 Å². The van der Waals surface area contributed by atoms with Crippen molar-refractivity contribution in [3.63, 3.8) is 0 Å². The molecule has 16 heavy (non-hydrogen) atoms. The van der Waals surface area contributed by atoms with Gasteiger partial charge < -0.3 is 4.74 Å². The van der Waals surface area contributed by atoms with Crippen LogP contribution in [0, 0.1) is 0 Å². The molecule has 1 aliphatic rings. The van der Waals surface area contributed by atoms with Crippen LogP contribution in [-0.4, -0.2) is 18.2 Å². The number of benzene rings is 1. The molecule has 0 unspecified atom stereocenters. The van der Waals surface area contributed by atoms with E-state index in [1.54, 1.807) is 12.1 Å². The SMILES string of the molecule is CCO/C=C1\C(=O)Cc2ccccc2C1=O. The number of hydrogen-bond acceptors (Lipinski definition) is 3. The van der Waals surface area contributed by atoms with Crippen molar-refractivity contribution in [2.45, 2.75) is 13.3 Å². The Kier molecular flexibility index (Phi) is 2.86. The molecule has 0 aromatic heterocycles. The zero-order chi connectivity index (χ0) is 11.5. The van der Waals surface area contributed by atoms with Crippen molar-refractivity contribution in [3.8, 4) is 0 Å². The van der Waals surface area contributed by atoms with Crippen LogP contribution in [0.5, 0.6) is 0 Å². The molecular formula is C13H12O3. The van der Waals surface area contributed by atoms with Gasteiger partial charge in [-0.05, 0) is 12.5 Å². The second-order valence-electron chi connectivity index (χ2n) is 3.57. The summed E-state index contributed by atoms with van der Waals surface area (Å²) >= 11 is 0. The zero-order valence-corrected chi connectivity index (χ0v) is 9.03. The quantitative estimate of drug-likeness (QED) is 0.431. The van der Waals surface area contributed by atoms with E-state index >= 15 is 0 Å². The molecule has 0 spiro atoms. The first-order valence-electron chi connectivity index (χ1n) is 5.21. The van der Waals surface area contributed by atoms with Crippen molar-refractivity contribution < 1.29 is 14.3 Å². The maximum atomic E-state index is 12.0. The molecule has 0 heterocycles. The predicted octanol–water partition coefficient (Wildman–Crippen LogP) is 1.91. The number of allylic oxidation sites excluding steroid dienone is 1. The normalized spacial score (nSPS) is 17.4. The fraction of sp³-hybridized carbons (Fsp3) is 0.231. The third kappa shape index (κ3) is 1.76. The largest absolute Gasteiger partial charge is 0.501 e. The fourth-order valence-corrected chi connectivity index (χ4v) is 1.72. The first kappa shape index (κ1) is 10.6. The van der Waals surface area contributed by atoms with Gasteiger partial charge in [0.1, 0.15) is 5.57 Å². The molecule has 0 aliphatic heterocycles. The van der Waals surface area contributed by atoms with Gasteiger partial charge in [0.2, 0.25) is 0 Å². The van der Waals surface area contributed by atoms with Crippen molar-refractivity contribution in [1.82, 2.24) is 0 Å². The number of ether oxygens (including phenoxy) is 1. The van der Waals surface area contributed by atoms with Crippen molar-refractivity contribution in [1.29, 1.82) is 0 Å². The average molecular weight is 216 g/mol. The highest BCUT2D eigenvalue weighted by Gasteiger charge is 2.28. The van der Waals surface area contributed by atoms with E-state index in [1.165, 1.54) is 6.26 Å². The maximum Gasteiger partial charge on any atom is 0.200 e. The molecule has 0 atom stereocenters. The number of carbonyl (C=O) groups excluding carboxylic acids is 2. The zero-order valence-electron chi connectivity index (χ0n) is 9.03. The van der Waals surface area contributed by atoms with Crippen LogP contribution in [0.15, 0.2) is 36.1 Å². The Labute approximate surface area is 93.7 Å². The van der Waals surface area contributed by atoms with Gasteiger partial charge in [-0.1, -0.05) is 24.3 Å². The van der Waals surface area contributed by atoms with Gasteiger partial charge in [-0.15, -0.1) is 0 Å². The molecule has 3 nitrogen and oxygen atoms in total. The molecule has 0 radical (unpaired) electrons. The predicted molar refractivity (Wildman–Crippen MR) is 59.2 cm³/mol. The van der Waals surface area contributed by atoms with Gasteiger partial charge in [0.05, 0.1) is 12.9 Å². The van der Waals surface area contributed by atoms with E-state index in [1.807, 2.05) is 19.1 Å². The molecule has 0 bridgehead atoms. The number of Topliss-reactive ketones (excluding diaryl/α,β-unsaturated/α-hetero) is 2. The van der Waals surface area contributed by atoms with E-state index < -0.39 is 0 Å². The summed E-state index contributed by atoms with van der Waals surface area (Å²) in [4.78, 5) is 23.7. The third-order valence-electron chi connectivity index (χ3n) is 2.53. The Morgan fingerprint density at radius 1 is 1.31 bits per heavy atom. The van der Waals surface area contributed by atoms with Gasteiger partial charge >= 0.3 is 0 Å². The lowest BCUT2D eigenvalue weighted by molar-refractivity contribution is -0.114. The lowest BCUT2D eigenvalue weighted by Gasteiger charge is -2.15. The molecule has 1 aliphatic carbocycles. The highest BCUT2D eigenvalue weighted by molar-refractivity contribution is 6.29. The second kappa shape index (κ2) is 4.31. The van der Waals surface area contributed by atoms with E-state index in [4.69, 9.17) is 4.74 Å². The number of hydrogen-bond donors (Lipinski definition) is 0. The van der Waals surface area contributed by atoms with Crippen LogP contribution in [0.3, 0.4) is 0 Å². The molecule has 3 heteroatoms. The van der Waals surface area contributed by atoms with Crippen molar-refractivity contribution in [2.24, 2.45) is 0 Å². The Bertz CT molecular complexity index is 472. The minimum atomic E-state index is -0.236. The first-order chi connectivity index (χ1) is 7.74. The van der Waals surface area contributed by atoms with Crippen LogP contribution >= 0.6 is 0 Å². The monoisotopic (exact) mass is 216 g/mol. The summed E-state index contributed by atoms with van der Waals surface area (Å²) in [7, 11) is 0. The van der Waals surface area contributed by atoms with Crippen LogP contribution in [0.1, 0.15) is 22.8 Å². The lowest BCUT2D eigenvalue weighted by atomic mass is 9.86. The summed E-state index contributed by atoms with van der Waals surface area (Å²) in [6.07, 6.45) is 1.56. The molecule has 82 valence electrons. The molecule has 0 saturated heterocycles. The summed E-state index contributed by atoms with van der Waals surface area (Å²) in [6, 6.07) is 7.17. The summed E-state index contributed by atoms with van der Waals surface area (Å²) < 4.78 is 5.03. The minimum absolute atomic E-state index is 0.153. The third-order valence-corrected chi connectivity index (χ3v) is 2.53. The van der Waals surface area contributed by atoms with E-state index in [0.717, 1.165) is 5.56 Å². The summed E-state index contributed by atoms with van der Waals surface area (Å²) in [5.74, 6) is -0.405. The number of rotatable bonds is 2. The molecule has 0 amide bonds. The topological polar surface area (TPSA) is 43.4 Å². The molecule has 0 saturated carbocycles. The number of ketones is 2. The first-order valence-corrected chi connectivity index (χ1v) is 5.21. The average Bonchev–Trinajstić information content (AvgIpc) is 2.29. The standard InChI is InChI=1S/C13H12O3/c1-2-16-8-11-12(14)7-9-5-3-4-6-10(9)13(11)15/h3-6,8H,2,7H2,1H3/b11-8+. The van der Waals surface area contributed by atoms with E-state index in [2.05, 4.69) is 0 Å². The van der Waals surface area contributed by atoms with Crippen molar-refractivity contribution in [3.05, 3.63) is 47.2 Å². The Morgan fingerprint density at radius 2 is 2.06 bits per heavy atom. The van der Waals surface area contributed by atoms with Gasteiger partial charge in [0.15, 0.2) is 11.6 Å². The molecule has 2 rings (SSSR count). The molecule has 1 aromatic carbocycles. The van der Waals surface area contributed by atoms with E-state index in [-0.39, 0.29) is 23.6 Å². The highest BCUT2D eigenvalue weighted by atomic mass is 16.5. The fourth-order valence-electron chi connectivity index (χ4n) is 1.72. The summed E-state index contributed by atoms with van der Waals surface area (Å²) in [5, 5.41) is 0. The van der Waals surface area contributed by atoms with Crippen LogP contribution < -0.4 is 0 Å². The van der Waals surface area contributed by atoms with Gasteiger partial charge in [0.25, 0.3) is 0 Å². The smallest absolute Gasteiger partial charge is 0.200 e. The molecular weight excluding hydrogens is 204 g/mol. The summed E-state index contributed by atoms with van der Waals surface area (Å²) in [5.41, 5.74) is 1.56. The van der Waals surface area contributed by atoms with Gasteiger partial charge in [-0.3, -0.25) is 9.59 Å². The van der Waals surface area contributed by atoms with E-state index in [9.17, 15) is 9.59 Å². The van der Waals surface area contributed by atoms with Crippen molar-refractivity contribution in [2.75, 3.05) is 6.61 Å². The van der Waals surface area contributed by atoms with Crippen LogP contribution in [0.25, 0.3) is 0 Å². The van der Waals surface area contributed by atoms with Crippen molar-refractivity contribution >= 4 is 11.6 Å². The minimum Gasteiger partial charge on any atom is -0.501 e.